The molecule has 0 saturated carbocycles. The SMILES string of the molecule is CC(C)[C@H](NC(=O)N(C)Cc1cscn1)C(=O)N[C@@H](Cc1ccccc1)[C@H](O)[C@@H](O)[C@H](Cc1ccccc1)NC(=O)[C@H](NC(=O)N(C)Cc1csc(N)n1)C(C)C. The van der Waals surface area contributed by atoms with E-state index in [1.54, 1.807) is 52.7 Å². The number of nitrogens with two attached hydrogens (primary N) is 1. The number of rotatable bonds is 19. The van der Waals surface area contributed by atoms with Crippen LogP contribution in [0, 0.1) is 11.8 Å². The van der Waals surface area contributed by atoms with Crippen LogP contribution in [0.2, 0.25) is 0 Å². The predicted octanol–water partition coefficient (Wildman–Crippen LogP) is 3.39. The molecule has 0 unspecified atom stereocenters. The largest absolute Gasteiger partial charge is 0.388 e. The number of aliphatic hydroxyl groups is 2. The number of anilines is 1. The number of aromatic nitrogens is 2. The first kappa shape index (κ1) is 44.6. The number of nitrogen functional groups attached to an aromatic ring is 1. The van der Waals surface area contributed by atoms with Gasteiger partial charge in [-0.1, -0.05) is 88.4 Å². The summed E-state index contributed by atoms with van der Waals surface area (Å²) >= 11 is 2.68. The average Bonchev–Trinajstić information content (AvgIpc) is 3.86. The van der Waals surface area contributed by atoms with Gasteiger partial charge in [-0.15, -0.1) is 22.7 Å². The van der Waals surface area contributed by atoms with E-state index in [9.17, 15) is 29.4 Å². The Morgan fingerprint density at radius 3 is 1.49 bits per heavy atom. The molecule has 6 amide bonds. The molecule has 0 saturated heterocycles. The van der Waals surface area contributed by atoms with Gasteiger partial charge in [-0.05, 0) is 35.8 Å². The van der Waals surface area contributed by atoms with E-state index in [2.05, 4.69) is 31.2 Å². The van der Waals surface area contributed by atoms with Crippen molar-refractivity contribution in [2.45, 2.75) is 90.0 Å². The maximum absolute atomic E-state index is 14.0. The zero-order valence-electron chi connectivity index (χ0n) is 33.2. The quantitative estimate of drug-likeness (QED) is 0.0738. The molecule has 8 N–H and O–H groups in total. The number of aliphatic hydroxyl groups excluding tert-OH is 2. The zero-order valence-corrected chi connectivity index (χ0v) is 34.8. The van der Waals surface area contributed by atoms with Crippen LogP contribution >= 0.6 is 22.7 Å². The third kappa shape index (κ3) is 13.5. The van der Waals surface area contributed by atoms with Crippen LogP contribution in [0.5, 0.6) is 0 Å². The first-order valence-corrected chi connectivity index (χ1v) is 20.6. The molecule has 0 aliphatic heterocycles. The molecule has 2 aromatic heterocycles. The van der Waals surface area contributed by atoms with E-state index in [1.165, 1.54) is 32.5 Å². The molecule has 0 bridgehead atoms. The van der Waals surface area contributed by atoms with E-state index in [4.69, 9.17) is 5.73 Å². The molecule has 15 nitrogen and oxygen atoms in total. The van der Waals surface area contributed by atoms with Crippen molar-refractivity contribution >= 4 is 51.7 Å². The summed E-state index contributed by atoms with van der Waals surface area (Å²) in [5, 5.41) is 39.4. The van der Waals surface area contributed by atoms with Gasteiger partial charge in [0.15, 0.2) is 5.13 Å². The van der Waals surface area contributed by atoms with Crippen LogP contribution in [0.15, 0.2) is 76.9 Å². The second-order valence-corrected chi connectivity index (χ2v) is 16.4. The number of amides is 6. The molecular weight excluding hydrogens is 767 g/mol. The van der Waals surface area contributed by atoms with Crippen molar-refractivity contribution in [2.75, 3.05) is 19.8 Å². The Kier molecular flexibility index (Phi) is 16.8. The lowest BCUT2D eigenvalue weighted by molar-refractivity contribution is -0.129. The number of nitrogens with zero attached hydrogens (tertiary/aromatic N) is 4. The molecule has 6 atom stereocenters. The summed E-state index contributed by atoms with van der Waals surface area (Å²) in [6, 6.07) is 13.3. The Labute approximate surface area is 342 Å². The number of hydrogen-bond acceptors (Lipinski definition) is 11. The Bertz CT molecular complexity index is 1860. The summed E-state index contributed by atoms with van der Waals surface area (Å²) in [5.74, 6) is -1.81. The van der Waals surface area contributed by atoms with E-state index in [0.29, 0.717) is 16.5 Å². The van der Waals surface area contributed by atoms with Crippen LogP contribution in [0.4, 0.5) is 14.7 Å². The van der Waals surface area contributed by atoms with E-state index < -0.39 is 60.3 Å². The molecule has 17 heteroatoms. The zero-order chi connectivity index (χ0) is 41.6. The number of nitrogens with one attached hydrogen (secondary N) is 4. The molecule has 0 radical (unpaired) electrons. The molecule has 57 heavy (non-hydrogen) atoms. The third-order valence-electron chi connectivity index (χ3n) is 9.43. The second kappa shape index (κ2) is 21.4. The van der Waals surface area contributed by atoms with Crippen molar-refractivity contribution in [1.29, 1.82) is 0 Å². The minimum Gasteiger partial charge on any atom is -0.388 e. The van der Waals surface area contributed by atoms with Gasteiger partial charge in [-0.2, -0.15) is 0 Å². The summed E-state index contributed by atoms with van der Waals surface area (Å²) in [5.41, 5.74) is 10.3. The van der Waals surface area contributed by atoms with Crippen molar-refractivity contribution in [3.05, 3.63) is 99.4 Å². The number of carbonyl (C=O) groups excluding carboxylic acids is 4. The first-order valence-electron chi connectivity index (χ1n) is 18.8. The Hall–Kier alpha value is -5.10. The first-order chi connectivity index (χ1) is 27.1. The minimum atomic E-state index is -1.60. The van der Waals surface area contributed by atoms with Gasteiger partial charge in [0, 0.05) is 24.9 Å². The lowest BCUT2D eigenvalue weighted by atomic mass is 9.90. The highest BCUT2D eigenvalue weighted by molar-refractivity contribution is 7.13. The monoisotopic (exact) mass is 821 g/mol. The maximum atomic E-state index is 14.0. The number of urea groups is 2. The summed E-state index contributed by atoms with van der Waals surface area (Å²) in [6.45, 7) is 7.59. The molecule has 0 spiro atoms. The number of thiazole rings is 2. The van der Waals surface area contributed by atoms with Gasteiger partial charge in [0.2, 0.25) is 11.8 Å². The standard InChI is InChI=1S/C40H55N9O6S2/c1-24(2)32(46-39(54)48(5)19-28-21-56-23-42-28)36(52)44-30(17-26-13-9-7-10-14-26)34(50)35(51)31(18-27-15-11-8-12-16-27)45-37(53)33(25(3)4)47-40(55)49(6)20-29-22-57-38(41)43-29/h7-16,21-25,30-35,50-51H,17-20H2,1-6H3,(H2,41,43)(H,44,52)(H,45,53)(H,46,54)(H,47,55)/t30-,31-,32-,33+,34-,35-/m0/s1. The predicted molar refractivity (Wildman–Crippen MR) is 222 cm³/mol. The van der Waals surface area contributed by atoms with E-state index in [-0.39, 0.29) is 37.8 Å². The Morgan fingerprint density at radius 1 is 0.684 bits per heavy atom. The maximum Gasteiger partial charge on any atom is 0.318 e. The van der Waals surface area contributed by atoms with Crippen LogP contribution in [0.25, 0.3) is 0 Å². The van der Waals surface area contributed by atoms with Gasteiger partial charge in [-0.25, -0.2) is 19.6 Å². The lowest BCUT2D eigenvalue weighted by Crippen LogP contribution is -2.62. The fraction of sp³-hybridized carbons (Fsp3) is 0.450. The highest BCUT2D eigenvalue weighted by Gasteiger charge is 2.38. The number of carbonyl (C=O) groups is 4. The topological polar surface area (TPSA) is 215 Å². The molecule has 0 aliphatic carbocycles. The summed E-state index contributed by atoms with van der Waals surface area (Å²) in [4.78, 5) is 65.7. The lowest BCUT2D eigenvalue weighted by Gasteiger charge is -2.35. The van der Waals surface area contributed by atoms with Crippen molar-refractivity contribution in [1.82, 2.24) is 41.0 Å². The second-order valence-electron chi connectivity index (χ2n) is 14.8. The average molecular weight is 822 g/mol. The van der Waals surface area contributed by atoms with E-state index in [1.807, 2.05) is 66.0 Å². The van der Waals surface area contributed by atoms with Crippen LogP contribution in [0.3, 0.4) is 0 Å². The highest BCUT2D eigenvalue weighted by Crippen LogP contribution is 2.18. The van der Waals surface area contributed by atoms with Crippen molar-refractivity contribution < 1.29 is 29.4 Å². The van der Waals surface area contributed by atoms with Gasteiger partial charge in [0.05, 0.1) is 42.1 Å². The minimum absolute atomic E-state index is 0.122. The molecular formula is C40H55N9O6S2. The van der Waals surface area contributed by atoms with Crippen LogP contribution < -0.4 is 27.0 Å². The van der Waals surface area contributed by atoms with Crippen molar-refractivity contribution in [3.63, 3.8) is 0 Å². The molecule has 4 rings (SSSR count). The van der Waals surface area contributed by atoms with Gasteiger partial charge in [-0.3, -0.25) is 9.59 Å². The Balaban J connectivity index is 1.56. The van der Waals surface area contributed by atoms with Gasteiger partial charge >= 0.3 is 12.1 Å². The molecule has 4 aromatic rings. The summed E-state index contributed by atoms with van der Waals surface area (Å²) in [7, 11) is 3.19. The summed E-state index contributed by atoms with van der Waals surface area (Å²) < 4.78 is 0. The number of benzene rings is 2. The highest BCUT2D eigenvalue weighted by atomic mass is 32.1. The van der Waals surface area contributed by atoms with Crippen molar-refractivity contribution in [2.24, 2.45) is 11.8 Å². The van der Waals surface area contributed by atoms with Crippen molar-refractivity contribution in [3.8, 4) is 0 Å². The third-order valence-corrected chi connectivity index (χ3v) is 10.8. The molecule has 2 heterocycles. The Morgan fingerprint density at radius 2 is 1.12 bits per heavy atom. The van der Waals surface area contributed by atoms with Gasteiger partial charge in [0.25, 0.3) is 0 Å². The van der Waals surface area contributed by atoms with Crippen LogP contribution in [0.1, 0.15) is 50.2 Å². The van der Waals surface area contributed by atoms with E-state index in [0.717, 1.165) is 11.1 Å². The van der Waals surface area contributed by atoms with Gasteiger partial charge < -0.3 is 47.0 Å². The molecule has 0 fully saturated rings. The fourth-order valence-corrected chi connectivity index (χ4v) is 7.27. The fourth-order valence-electron chi connectivity index (χ4n) is 6.17. The molecule has 0 aliphatic rings. The molecule has 308 valence electrons. The van der Waals surface area contributed by atoms with Crippen LogP contribution in [-0.2, 0) is 35.5 Å². The number of hydrogen-bond donors (Lipinski definition) is 7. The van der Waals surface area contributed by atoms with Crippen LogP contribution in [-0.4, -0.2) is 104 Å². The normalized spacial score (nSPS) is 14.5. The molecule has 2 aromatic carbocycles. The van der Waals surface area contributed by atoms with Gasteiger partial charge in [0.1, 0.15) is 24.3 Å². The smallest absolute Gasteiger partial charge is 0.318 e. The summed E-state index contributed by atoms with van der Waals surface area (Å²) in [6.07, 6.45) is -2.94. The van der Waals surface area contributed by atoms with E-state index >= 15 is 0 Å².